The predicted octanol–water partition coefficient (Wildman–Crippen LogP) is 6.33. The number of anilines is 2. The Bertz CT molecular complexity index is 1240. The standard InChI is InChI=1S/C24H17F6N3O2/c1-14-4-6-19(12-20(14)33-21(34)7-5-15-3-2-8-31-13-15)32-22(35)16-9-17(23(25,26)27)11-18(10-16)24(28,29)30/h2-13H,1H3,(H,32,35)(H,33,34)/b7-5+. The van der Waals surface area contributed by atoms with Crippen molar-refractivity contribution in [3.63, 3.8) is 0 Å². The van der Waals surface area contributed by atoms with E-state index in [2.05, 4.69) is 15.6 Å². The molecule has 0 fully saturated rings. The van der Waals surface area contributed by atoms with Crippen LogP contribution in [-0.4, -0.2) is 16.8 Å². The van der Waals surface area contributed by atoms with Gasteiger partial charge in [-0.1, -0.05) is 12.1 Å². The van der Waals surface area contributed by atoms with Crippen LogP contribution in [0.15, 0.2) is 67.0 Å². The summed E-state index contributed by atoms with van der Waals surface area (Å²) < 4.78 is 78.4. The summed E-state index contributed by atoms with van der Waals surface area (Å²) in [6.45, 7) is 1.66. The molecule has 0 atom stereocenters. The van der Waals surface area contributed by atoms with Crippen LogP contribution >= 0.6 is 0 Å². The minimum absolute atomic E-state index is 0.0538. The summed E-state index contributed by atoms with van der Waals surface area (Å²) in [4.78, 5) is 28.7. The SMILES string of the molecule is Cc1ccc(NC(=O)c2cc(C(F)(F)F)cc(C(F)(F)F)c2)cc1NC(=O)/C=C/c1cccnc1. The maximum Gasteiger partial charge on any atom is 0.416 e. The number of pyridine rings is 1. The van der Waals surface area contributed by atoms with Gasteiger partial charge in [0.2, 0.25) is 5.91 Å². The molecule has 0 saturated carbocycles. The molecule has 0 spiro atoms. The number of alkyl halides is 6. The van der Waals surface area contributed by atoms with Crippen LogP contribution in [0.2, 0.25) is 0 Å². The zero-order chi connectivity index (χ0) is 25.8. The number of nitrogens with one attached hydrogen (secondary N) is 2. The number of benzene rings is 2. The van der Waals surface area contributed by atoms with Crippen molar-refractivity contribution in [2.45, 2.75) is 19.3 Å². The molecule has 0 unspecified atom stereocenters. The third-order valence-corrected chi connectivity index (χ3v) is 4.71. The highest BCUT2D eigenvalue weighted by atomic mass is 19.4. The summed E-state index contributed by atoms with van der Waals surface area (Å²) >= 11 is 0. The molecular formula is C24H17F6N3O2. The van der Waals surface area contributed by atoms with Crippen LogP contribution in [0, 0.1) is 6.92 Å². The van der Waals surface area contributed by atoms with Crippen LogP contribution in [0.25, 0.3) is 6.08 Å². The van der Waals surface area contributed by atoms with E-state index in [1.54, 1.807) is 31.5 Å². The molecule has 1 aromatic heterocycles. The number of rotatable bonds is 5. The van der Waals surface area contributed by atoms with Gasteiger partial charge >= 0.3 is 12.4 Å². The maximum atomic E-state index is 13.1. The highest BCUT2D eigenvalue weighted by Gasteiger charge is 2.37. The first-order chi connectivity index (χ1) is 16.3. The maximum absolute atomic E-state index is 13.1. The van der Waals surface area contributed by atoms with E-state index in [-0.39, 0.29) is 17.4 Å². The Kier molecular flexibility index (Phi) is 7.28. The summed E-state index contributed by atoms with van der Waals surface area (Å²) in [6, 6.07) is 8.29. The number of aromatic nitrogens is 1. The van der Waals surface area contributed by atoms with Crippen LogP contribution in [0.4, 0.5) is 37.7 Å². The lowest BCUT2D eigenvalue weighted by Gasteiger charge is -2.15. The molecule has 5 nitrogen and oxygen atoms in total. The van der Waals surface area contributed by atoms with Gasteiger partial charge in [0.15, 0.2) is 0 Å². The largest absolute Gasteiger partial charge is 0.416 e. The lowest BCUT2D eigenvalue weighted by atomic mass is 10.0. The van der Waals surface area contributed by atoms with Crippen molar-refractivity contribution in [1.82, 2.24) is 4.98 Å². The highest BCUT2D eigenvalue weighted by molar-refractivity contribution is 6.06. The van der Waals surface area contributed by atoms with Gasteiger partial charge in [-0.3, -0.25) is 14.6 Å². The average molecular weight is 493 g/mol. The zero-order valence-electron chi connectivity index (χ0n) is 18.0. The molecule has 2 amide bonds. The Hall–Kier alpha value is -4.15. The monoisotopic (exact) mass is 493 g/mol. The molecule has 11 heteroatoms. The van der Waals surface area contributed by atoms with Crippen molar-refractivity contribution in [2.75, 3.05) is 10.6 Å². The normalized spacial score (nSPS) is 12.0. The molecule has 35 heavy (non-hydrogen) atoms. The van der Waals surface area contributed by atoms with E-state index in [1.807, 2.05) is 0 Å². The fourth-order valence-corrected chi connectivity index (χ4v) is 2.94. The van der Waals surface area contributed by atoms with E-state index in [4.69, 9.17) is 0 Å². The minimum atomic E-state index is -5.08. The summed E-state index contributed by atoms with van der Waals surface area (Å²) in [5, 5.41) is 4.86. The molecule has 2 aromatic carbocycles. The van der Waals surface area contributed by atoms with Crippen LogP contribution in [-0.2, 0) is 17.1 Å². The van der Waals surface area contributed by atoms with E-state index < -0.39 is 40.9 Å². The number of nitrogens with zero attached hydrogens (tertiary/aromatic N) is 1. The van der Waals surface area contributed by atoms with Gasteiger partial charge in [0.25, 0.3) is 5.91 Å². The Labute approximate surface area is 195 Å². The first-order valence-corrected chi connectivity index (χ1v) is 9.93. The van der Waals surface area contributed by atoms with Gasteiger partial charge in [-0.15, -0.1) is 0 Å². The summed E-state index contributed by atoms with van der Waals surface area (Å²) in [5.41, 5.74) is -2.41. The Morgan fingerprint density at radius 2 is 1.54 bits per heavy atom. The van der Waals surface area contributed by atoms with Crippen molar-refractivity contribution >= 4 is 29.3 Å². The van der Waals surface area contributed by atoms with Gasteiger partial charge in [-0.25, -0.2) is 0 Å². The third-order valence-electron chi connectivity index (χ3n) is 4.71. The smallest absolute Gasteiger partial charge is 0.322 e. The van der Waals surface area contributed by atoms with Crippen molar-refractivity contribution < 1.29 is 35.9 Å². The summed E-state index contributed by atoms with van der Waals surface area (Å²) in [5.74, 6) is -1.69. The van der Waals surface area contributed by atoms with Gasteiger partial charge in [0, 0.05) is 35.4 Å². The summed E-state index contributed by atoms with van der Waals surface area (Å²) in [7, 11) is 0. The first kappa shape index (κ1) is 25.5. The Balaban J connectivity index is 1.81. The van der Waals surface area contributed by atoms with E-state index in [0.29, 0.717) is 23.3 Å². The highest BCUT2D eigenvalue weighted by Crippen LogP contribution is 2.36. The number of carbonyl (C=O) groups is 2. The molecule has 3 rings (SSSR count). The Morgan fingerprint density at radius 1 is 0.886 bits per heavy atom. The van der Waals surface area contributed by atoms with Gasteiger partial charge in [0.1, 0.15) is 0 Å². The Morgan fingerprint density at radius 3 is 2.11 bits per heavy atom. The lowest BCUT2D eigenvalue weighted by Crippen LogP contribution is -2.17. The molecule has 0 radical (unpaired) electrons. The van der Waals surface area contributed by atoms with Gasteiger partial charge in [-0.2, -0.15) is 26.3 Å². The van der Waals surface area contributed by atoms with Crippen molar-refractivity contribution in [1.29, 1.82) is 0 Å². The van der Waals surface area contributed by atoms with E-state index >= 15 is 0 Å². The number of carbonyl (C=O) groups excluding carboxylic acids is 2. The van der Waals surface area contributed by atoms with Crippen molar-refractivity contribution in [3.05, 3.63) is 94.8 Å². The minimum Gasteiger partial charge on any atom is -0.322 e. The van der Waals surface area contributed by atoms with Crippen LogP contribution < -0.4 is 10.6 Å². The number of amides is 2. The van der Waals surface area contributed by atoms with E-state index in [0.717, 1.165) is 0 Å². The molecule has 3 aromatic rings. The number of hydrogen-bond donors (Lipinski definition) is 2. The molecule has 182 valence electrons. The van der Waals surface area contributed by atoms with Crippen molar-refractivity contribution in [3.8, 4) is 0 Å². The second kappa shape index (κ2) is 10.00. The predicted molar refractivity (Wildman–Crippen MR) is 117 cm³/mol. The quantitative estimate of drug-likeness (QED) is 0.322. The molecule has 1 heterocycles. The van der Waals surface area contributed by atoms with Gasteiger partial charge in [-0.05, 0) is 60.5 Å². The molecule has 2 N–H and O–H groups in total. The lowest BCUT2D eigenvalue weighted by molar-refractivity contribution is -0.143. The molecular weight excluding hydrogens is 476 g/mol. The second-order valence-electron chi connectivity index (χ2n) is 7.39. The van der Waals surface area contributed by atoms with Gasteiger partial charge in [0.05, 0.1) is 11.1 Å². The van der Waals surface area contributed by atoms with Crippen LogP contribution in [0.3, 0.4) is 0 Å². The van der Waals surface area contributed by atoms with E-state index in [1.165, 1.54) is 30.4 Å². The fraction of sp³-hybridized carbons (Fsp3) is 0.125. The number of halogens is 6. The molecule has 0 aliphatic heterocycles. The molecule has 0 aliphatic carbocycles. The van der Waals surface area contributed by atoms with Crippen molar-refractivity contribution in [2.24, 2.45) is 0 Å². The third kappa shape index (κ3) is 6.92. The average Bonchev–Trinajstić information content (AvgIpc) is 2.79. The fourth-order valence-electron chi connectivity index (χ4n) is 2.94. The van der Waals surface area contributed by atoms with Crippen LogP contribution in [0.1, 0.15) is 32.6 Å². The molecule has 0 aliphatic rings. The van der Waals surface area contributed by atoms with Crippen LogP contribution in [0.5, 0.6) is 0 Å². The molecule has 0 bridgehead atoms. The second-order valence-corrected chi connectivity index (χ2v) is 7.39. The number of hydrogen-bond acceptors (Lipinski definition) is 3. The van der Waals surface area contributed by atoms with Gasteiger partial charge < -0.3 is 10.6 Å². The van der Waals surface area contributed by atoms with E-state index in [9.17, 15) is 35.9 Å². The summed E-state index contributed by atoms with van der Waals surface area (Å²) in [6.07, 6.45) is -4.27. The topological polar surface area (TPSA) is 71.1 Å². The first-order valence-electron chi connectivity index (χ1n) is 9.93. The zero-order valence-corrected chi connectivity index (χ0v) is 18.0. The molecule has 0 saturated heterocycles. The number of aryl methyl sites for hydroxylation is 1.